The lowest BCUT2D eigenvalue weighted by Crippen LogP contribution is -2.43. The van der Waals surface area contributed by atoms with E-state index in [1.54, 1.807) is 13.0 Å². The molecule has 2 unspecified atom stereocenters. The molecule has 3 atom stereocenters. The molecule has 0 radical (unpaired) electrons. The minimum absolute atomic E-state index is 0.271. The summed E-state index contributed by atoms with van der Waals surface area (Å²) >= 11 is 0. The molecule has 1 N–H and O–H groups in total. The fourth-order valence-corrected chi connectivity index (χ4v) is 1.97. The van der Waals surface area contributed by atoms with Gasteiger partial charge >= 0.3 is 5.97 Å². The zero-order valence-electron chi connectivity index (χ0n) is 9.45. The molecule has 1 aliphatic rings. The summed E-state index contributed by atoms with van der Waals surface area (Å²) < 4.78 is 10.1. The van der Waals surface area contributed by atoms with Crippen LogP contribution in [0.15, 0.2) is 12.7 Å². The van der Waals surface area contributed by atoms with Gasteiger partial charge in [0, 0.05) is 5.41 Å². The Morgan fingerprint density at radius 1 is 1.73 bits per heavy atom. The molecule has 4 nitrogen and oxygen atoms in total. The maximum Gasteiger partial charge on any atom is 0.315 e. The highest BCUT2D eigenvalue weighted by Crippen LogP contribution is 2.44. The minimum Gasteiger partial charge on any atom is -0.466 e. The lowest BCUT2D eigenvalue weighted by Gasteiger charge is -2.29. The van der Waals surface area contributed by atoms with Crippen LogP contribution in [0.4, 0.5) is 0 Å². The monoisotopic (exact) mass is 214 g/mol. The summed E-state index contributed by atoms with van der Waals surface area (Å²) in [6.07, 6.45) is 1.63. The van der Waals surface area contributed by atoms with E-state index in [-0.39, 0.29) is 6.61 Å². The molecular formula is C11H18O4. The Morgan fingerprint density at radius 2 is 2.33 bits per heavy atom. The number of aliphatic hydroxyl groups is 1. The normalized spacial score (nSPS) is 40.1. The quantitative estimate of drug-likeness (QED) is 0.564. The highest BCUT2D eigenvalue weighted by molar-refractivity contribution is 5.75. The van der Waals surface area contributed by atoms with E-state index in [1.165, 1.54) is 6.92 Å². The molecule has 1 rings (SSSR count). The zero-order valence-corrected chi connectivity index (χ0v) is 9.45. The highest BCUT2D eigenvalue weighted by Gasteiger charge is 2.56. The minimum atomic E-state index is -1.48. The van der Waals surface area contributed by atoms with Gasteiger partial charge in [-0.25, -0.2) is 0 Å². The molecule has 0 aliphatic carbocycles. The van der Waals surface area contributed by atoms with E-state index in [0.717, 1.165) is 0 Å². The van der Waals surface area contributed by atoms with Gasteiger partial charge in [0.1, 0.15) is 5.92 Å². The number of rotatable bonds is 3. The van der Waals surface area contributed by atoms with Crippen molar-refractivity contribution in [2.24, 2.45) is 11.3 Å². The van der Waals surface area contributed by atoms with Crippen molar-refractivity contribution in [2.45, 2.75) is 26.6 Å². The van der Waals surface area contributed by atoms with E-state index in [4.69, 9.17) is 9.47 Å². The average molecular weight is 214 g/mol. The summed E-state index contributed by atoms with van der Waals surface area (Å²) in [6.45, 7) is 9.26. The summed E-state index contributed by atoms with van der Waals surface area (Å²) in [4.78, 5) is 11.7. The summed E-state index contributed by atoms with van der Waals surface area (Å²) in [5.74, 6) is -2.64. The van der Waals surface area contributed by atoms with E-state index in [2.05, 4.69) is 6.58 Å². The van der Waals surface area contributed by atoms with Crippen molar-refractivity contribution < 1.29 is 19.4 Å². The number of carbonyl (C=O) groups is 1. The van der Waals surface area contributed by atoms with Crippen LogP contribution in [0.3, 0.4) is 0 Å². The largest absolute Gasteiger partial charge is 0.466 e. The van der Waals surface area contributed by atoms with Crippen LogP contribution in [-0.4, -0.2) is 30.1 Å². The maximum atomic E-state index is 11.7. The topological polar surface area (TPSA) is 55.8 Å². The van der Waals surface area contributed by atoms with E-state index < -0.39 is 23.1 Å². The van der Waals surface area contributed by atoms with Gasteiger partial charge in [-0.1, -0.05) is 13.0 Å². The molecule has 0 saturated carbocycles. The van der Waals surface area contributed by atoms with Crippen LogP contribution in [0.25, 0.3) is 0 Å². The smallest absolute Gasteiger partial charge is 0.315 e. The molecule has 1 fully saturated rings. The third-order valence-corrected chi connectivity index (χ3v) is 2.86. The number of hydrogen-bond acceptors (Lipinski definition) is 4. The van der Waals surface area contributed by atoms with Crippen molar-refractivity contribution in [2.75, 3.05) is 13.2 Å². The lowest BCUT2D eigenvalue weighted by molar-refractivity contribution is -0.196. The van der Waals surface area contributed by atoms with Crippen LogP contribution in [0.2, 0.25) is 0 Å². The molecule has 86 valence electrons. The second-order valence-electron chi connectivity index (χ2n) is 4.24. The first-order valence-electron chi connectivity index (χ1n) is 5.04. The molecule has 0 amide bonds. The fraction of sp³-hybridized carbons (Fsp3) is 0.727. The summed E-state index contributed by atoms with van der Waals surface area (Å²) in [5.41, 5.74) is -0.574. The van der Waals surface area contributed by atoms with Crippen molar-refractivity contribution in [3.05, 3.63) is 12.7 Å². The molecule has 1 heterocycles. The first-order valence-corrected chi connectivity index (χ1v) is 5.04. The molecule has 15 heavy (non-hydrogen) atoms. The number of carbonyl (C=O) groups excluding carboxylic acids is 1. The molecule has 1 saturated heterocycles. The number of esters is 1. The third-order valence-electron chi connectivity index (χ3n) is 2.86. The van der Waals surface area contributed by atoms with Crippen LogP contribution in [0, 0.1) is 11.3 Å². The first-order chi connectivity index (χ1) is 6.87. The van der Waals surface area contributed by atoms with Crippen LogP contribution >= 0.6 is 0 Å². The fourth-order valence-electron chi connectivity index (χ4n) is 1.97. The average Bonchev–Trinajstić information content (AvgIpc) is 2.39. The van der Waals surface area contributed by atoms with E-state index in [1.807, 2.05) is 6.92 Å². The summed E-state index contributed by atoms with van der Waals surface area (Å²) in [7, 11) is 0. The number of ether oxygens (including phenoxy) is 2. The van der Waals surface area contributed by atoms with Crippen LogP contribution in [0.5, 0.6) is 0 Å². The van der Waals surface area contributed by atoms with Gasteiger partial charge in [0.15, 0.2) is 5.79 Å². The van der Waals surface area contributed by atoms with E-state index in [9.17, 15) is 9.90 Å². The molecule has 1 aliphatic heterocycles. The second kappa shape index (κ2) is 3.94. The Morgan fingerprint density at radius 3 is 2.80 bits per heavy atom. The third kappa shape index (κ3) is 2.06. The Bertz CT molecular complexity index is 272. The van der Waals surface area contributed by atoms with E-state index >= 15 is 0 Å². The number of hydrogen-bond donors (Lipinski definition) is 1. The van der Waals surface area contributed by atoms with Gasteiger partial charge in [0.25, 0.3) is 0 Å². The van der Waals surface area contributed by atoms with Crippen molar-refractivity contribution in [3.63, 3.8) is 0 Å². The summed E-state index contributed by atoms with van der Waals surface area (Å²) in [5, 5.41) is 9.95. The van der Waals surface area contributed by atoms with Crippen LogP contribution in [-0.2, 0) is 14.3 Å². The molecule has 4 heteroatoms. The van der Waals surface area contributed by atoms with Gasteiger partial charge in [0.2, 0.25) is 0 Å². The Hall–Kier alpha value is -0.870. The SMILES string of the molecule is C=C[C@]1(C)COC(C)(O)C1C(=O)OCC. The molecule has 0 spiro atoms. The van der Waals surface area contributed by atoms with Gasteiger partial charge in [-0.2, -0.15) is 0 Å². The van der Waals surface area contributed by atoms with Crippen LogP contribution in [0.1, 0.15) is 20.8 Å². The second-order valence-corrected chi connectivity index (χ2v) is 4.24. The molecule has 0 aromatic rings. The Labute approximate surface area is 89.9 Å². The highest BCUT2D eigenvalue weighted by atomic mass is 16.6. The predicted molar refractivity (Wildman–Crippen MR) is 55.0 cm³/mol. The zero-order chi connectivity index (χ0) is 11.7. The van der Waals surface area contributed by atoms with Gasteiger partial charge in [-0.05, 0) is 13.8 Å². The first kappa shape index (κ1) is 12.2. The molecular weight excluding hydrogens is 196 g/mol. The maximum absolute atomic E-state index is 11.7. The van der Waals surface area contributed by atoms with Gasteiger partial charge in [0.05, 0.1) is 13.2 Å². The van der Waals surface area contributed by atoms with Crippen molar-refractivity contribution in [3.8, 4) is 0 Å². The standard InChI is InChI=1S/C11H18O4/c1-5-10(3)7-15-11(4,13)8(10)9(12)14-6-2/h5,8,13H,1,6-7H2,2-4H3/t8?,10-,11?/m1/s1. The van der Waals surface area contributed by atoms with Crippen molar-refractivity contribution in [1.29, 1.82) is 0 Å². The lowest BCUT2D eigenvalue weighted by atomic mass is 9.76. The van der Waals surface area contributed by atoms with Crippen molar-refractivity contribution in [1.82, 2.24) is 0 Å². The van der Waals surface area contributed by atoms with Gasteiger partial charge in [-0.3, -0.25) is 4.79 Å². The predicted octanol–water partition coefficient (Wildman–Crippen LogP) is 1.10. The van der Waals surface area contributed by atoms with E-state index in [0.29, 0.717) is 6.61 Å². The Kier molecular flexibility index (Phi) is 3.21. The van der Waals surface area contributed by atoms with Gasteiger partial charge in [-0.15, -0.1) is 6.58 Å². The Balaban J connectivity index is 2.97. The molecule has 0 aromatic carbocycles. The molecule has 0 aromatic heterocycles. The van der Waals surface area contributed by atoms with Crippen molar-refractivity contribution >= 4 is 5.97 Å². The summed E-state index contributed by atoms with van der Waals surface area (Å²) in [6, 6.07) is 0. The molecule has 0 bridgehead atoms. The van der Waals surface area contributed by atoms with Crippen LogP contribution < -0.4 is 0 Å². The van der Waals surface area contributed by atoms with Gasteiger partial charge < -0.3 is 14.6 Å².